The van der Waals surface area contributed by atoms with Gasteiger partial charge in [0.05, 0.1) is 5.75 Å². The first kappa shape index (κ1) is 16.0. The number of aromatic nitrogens is 4. The summed E-state index contributed by atoms with van der Waals surface area (Å²) in [6.07, 6.45) is 6.83. The third-order valence-electron chi connectivity index (χ3n) is 2.74. The molecular weight excluding hydrogens is 298 g/mol. The van der Waals surface area contributed by atoms with Gasteiger partial charge in [0.1, 0.15) is 0 Å². The zero-order valence-electron chi connectivity index (χ0n) is 12.1. The van der Waals surface area contributed by atoms with E-state index < -0.39 is 0 Å². The Morgan fingerprint density at radius 1 is 1.27 bits per heavy atom. The van der Waals surface area contributed by atoms with Gasteiger partial charge in [-0.25, -0.2) is 0 Å². The minimum Gasteiger partial charge on any atom is -0.352 e. The minimum absolute atomic E-state index is 0.0662. The van der Waals surface area contributed by atoms with Crippen LogP contribution < -0.4 is 5.32 Å². The molecule has 114 valence electrons. The molecule has 0 unspecified atom stereocenters. The van der Waals surface area contributed by atoms with E-state index >= 15 is 0 Å². The van der Waals surface area contributed by atoms with Gasteiger partial charge in [-0.2, -0.15) is 0 Å². The molecule has 2 heterocycles. The van der Waals surface area contributed by atoms with Crippen LogP contribution in [0.4, 0.5) is 0 Å². The van der Waals surface area contributed by atoms with E-state index in [0.717, 1.165) is 11.4 Å². The summed E-state index contributed by atoms with van der Waals surface area (Å²) in [7, 11) is 0. The second-order valence-electron chi connectivity index (χ2n) is 4.32. The number of rotatable bonds is 8. The number of allylic oxidation sites excluding steroid dienone is 1. The normalized spacial score (nSPS) is 10.2. The third kappa shape index (κ3) is 4.05. The van der Waals surface area contributed by atoms with Gasteiger partial charge in [0, 0.05) is 31.0 Å². The molecule has 1 N–H and O–H groups in total. The molecule has 1 amide bonds. The zero-order valence-corrected chi connectivity index (χ0v) is 12.9. The number of hydrogen-bond acceptors (Lipinski definition) is 5. The standard InChI is InChI=1S/C15H17N5OS/c1-3-7-17-13(21)11-22-15-19-18-14(20(15)10-4-2)12-5-8-16-9-6-12/h3-6,8-9H,1-2,7,10-11H2,(H,17,21). The molecule has 0 saturated carbocycles. The molecule has 2 rings (SSSR count). The lowest BCUT2D eigenvalue weighted by atomic mass is 10.2. The molecule has 22 heavy (non-hydrogen) atoms. The molecule has 7 heteroatoms. The lowest BCUT2D eigenvalue weighted by Crippen LogP contribution is -2.25. The molecule has 0 aliphatic rings. The van der Waals surface area contributed by atoms with Crippen molar-refractivity contribution < 1.29 is 4.79 Å². The topological polar surface area (TPSA) is 72.7 Å². The molecule has 0 spiro atoms. The largest absolute Gasteiger partial charge is 0.352 e. The lowest BCUT2D eigenvalue weighted by Gasteiger charge is -2.07. The Labute approximate surface area is 133 Å². The number of nitrogens with zero attached hydrogens (tertiary/aromatic N) is 4. The second-order valence-corrected chi connectivity index (χ2v) is 5.27. The summed E-state index contributed by atoms with van der Waals surface area (Å²) in [5, 5.41) is 11.8. The monoisotopic (exact) mass is 315 g/mol. The Morgan fingerprint density at radius 2 is 2.05 bits per heavy atom. The van der Waals surface area contributed by atoms with Gasteiger partial charge in [0.15, 0.2) is 11.0 Å². The Balaban J connectivity index is 2.15. The quantitative estimate of drug-likeness (QED) is 0.595. The molecule has 2 aromatic heterocycles. The summed E-state index contributed by atoms with van der Waals surface area (Å²) in [6.45, 7) is 8.35. The highest BCUT2D eigenvalue weighted by Gasteiger charge is 2.14. The molecule has 6 nitrogen and oxygen atoms in total. The van der Waals surface area contributed by atoms with E-state index in [1.807, 2.05) is 16.7 Å². The van der Waals surface area contributed by atoms with E-state index in [4.69, 9.17) is 0 Å². The van der Waals surface area contributed by atoms with Crippen molar-refractivity contribution in [1.29, 1.82) is 0 Å². The van der Waals surface area contributed by atoms with Crippen molar-refractivity contribution in [3.63, 3.8) is 0 Å². The van der Waals surface area contributed by atoms with Gasteiger partial charge in [-0.1, -0.05) is 23.9 Å². The third-order valence-corrected chi connectivity index (χ3v) is 3.71. The highest BCUT2D eigenvalue weighted by atomic mass is 32.2. The van der Waals surface area contributed by atoms with Gasteiger partial charge in [0.25, 0.3) is 0 Å². The molecule has 2 aromatic rings. The van der Waals surface area contributed by atoms with Crippen LogP contribution in [0.5, 0.6) is 0 Å². The number of carbonyl (C=O) groups excluding carboxylic acids is 1. The van der Waals surface area contributed by atoms with Gasteiger partial charge in [-0.15, -0.1) is 23.4 Å². The summed E-state index contributed by atoms with van der Waals surface area (Å²) in [4.78, 5) is 15.7. The molecule has 0 saturated heterocycles. The second kappa shape index (κ2) is 8.14. The molecule has 0 aliphatic carbocycles. The fourth-order valence-corrected chi connectivity index (χ4v) is 2.55. The Hall–Kier alpha value is -2.41. The average Bonchev–Trinajstić information content (AvgIpc) is 2.95. The number of amides is 1. The fraction of sp³-hybridized carbons (Fsp3) is 0.200. The number of carbonyl (C=O) groups is 1. The number of pyridine rings is 1. The van der Waals surface area contributed by atoms with Crippen LogP contribution in [-0.4, -0.2) is 38.0 Å². The van der Waals surface area contributed by atoms with Crippen LogP contribution >= 0.6 is 11.8 Å². The van der Waals surface area contributed by atoms with Crippen LogP contribution in [0.25, 0.3) is 11.4 Å². The van der Waals surface area contributed by atoms with Gasteiger partial charge >= 0.3 is 0 Å². The molecule has 0 atom stereocenters. The zero-order chi connectivity index (χ0) is 15.8. The lowest BCUT2D eigenvalue weighted by molar-refractivity contribution is -0.118. The number of nitrogens with one attached hydrogen (secondary N) is 1. The molecule has 0 aromatic carbocycles. The molecule has 0 fully saturated rings. The van der Waals surface area contributed by atoms with Crippen molar-refractivity contribution in [1.82, 2.24) is 25.1 Å². The Kier molecular flexibility index (Phi) is 5.91. The summed E-state index contributed by atoms with van der Waals surface area (Å²) < 4.78 is 1.92. The van der Waals surface area contributed by atoms with Gasteiger partial charge < -0.3 is 5.32 Å². The van der Waals surface area contributed by atoms with E-state index in [-0.39, 0.29) is 11.7 Å². The van der Waals surface area contributed by atoms with Crippen molar-refractivity contribution in [2.24, 2.45) is 0 Å². The van der Waals surface area contributed by atoms with E-state index in [1.54, 1.807) is 24.5 Å². The highest BCUT2D eigenvalue weighted by molar-refractivity contribution is 7.99. The maximum Gasteiger partial charge on any atom is 0.230 e. The van der Waals surface area contributed by atoms with Crippen LogP contribution in [-0.2, 0) is 11.3 Å². The van der Waals surface area contributed by atoms with Crippen LogP contribution in [0.2, 0.25) is 0 Å². The summed E-state index contributed by atoms with van der Waals surface area (Å²) in [5.41, 5.74) is 0.923. The van der Waals surface area contributed by atoms with Crippen molar-refractivity contribution >= 4 is 17.7 Å². The number of thioether (sulfide) groups is 1. The summed E-state index contributed by atoms with van der Waals surface area (Å²) in [6, 6.07) is 3.74. The van der Waals surface area contributed by atoms with Crippen LogP contribution in [0.15, 0.2) is 55.0 Å². The van der Waals surface area contributed by atoms with E-state index in [2.05, 4.69) is 33.7 Å². The first-order valence-electron chi connectivity index (χ1n) is 6.71. The maximum absolute atomic E-state index is 11.7. The van der Waals surface area contributed by atoms with Gasteiger partial charge in [-0.3, -0.25) is 14.3 Å². The highest BCUT2D eigenvalue weighted by Crippen LogP contribution is 2.23. The molecular formula is C15H17N5OS. The van der Waals surface area contributed by atoms with Crippen LogP contribution in [0, 0.1) is 0 Å². The van der Waals surface area contributed by atoms with Gasteiger partial charge in [-0.05, 0) is 12.1 Å². The van der Waals surface area contributed by atoms with Crippen LogP contribution in [0.3, 0.4) is 0 Å². The molecule has 0 radical (unpaired) electrons. The first-order chi connectivity index (χ1) is 10.8. The van der Waals surface area contributed by atoms with Crippen LogP contribution in [0.1, 0.15) is 0 Å². The van der Waals surface area contributed by atoms with E-state index in [1.165, 1.54) is 11.8 Å². The van der Waals surface area contributed by atoms with Crippen molar-refractivity contribution in [2.45, 2.75) is 11.7 Å². The maximum atomic E-state index is 11.7. The molecule has 0 bridgehead atoms. The first-order valence-corrected chi connectivity index (χ1v) is 7.69. The molecule has 0 aliphatic heterocycles. The van der Waals surface area contributed by atoms with E-state index in [9.17, 15) is 4.79 Å². The predicted molar refractivity (Wildman–Crippen MR) is 87.4 cm³/mol. The Bertz CT molecular complexity index is 653. The van der Waals surface area contributed by atoms with Crippen molar-refractivity contribution in [3.05, 3.63) is 49.8 Å². The van der Waals surface area contributed by atoms with Gasteiger partial charge in [0.2, 0.25) is 5.91 Å². The summed E-state index contributed by atoms with van der Waals surface area (Å²) >= 11 is 1.34. The fourth-order valence-electron chi connectivity index (χ4n) is 1.77. The minimum atomic E-state index is -0.0662. The smallest absolute Gasteiger partial charge is 0.230 e. The summed E-state index contributed by atoms with van der Waals surface area (Å²) in [5.74, 6) is 0.944. The van der Waals surface area contributed by atoms with Crippen molar-refractivity contribution in [2.75, 3.05) is 12.3 Å². The SMILES string of the molecule is C=CCNC(=O)CSc1nnc(-c2ccncc2)n1CC=C. The Morgan fingerprint density at radius 3 is 2.73 bits per heavy atom. The van der Waals surface area contributed by atoms with Crippen molar-refractivity contribution in [3.8, 4) is 11.4 Å². The van der Waals surface area contributed by atoms with E-state index in [0.29, 0.717) is 18.2 Å². The number of hydrogen-bond donors (Lipinski definition) is 1. The average molecular weight is 315 g/mol. The predicted octanol–water partition coefficient (Wildman–Crippen LogP) is 1.92.